The first kappa shape index (κ1) is 13.8. The fraction of sp³-hybridized carbons (Fsp3) is 0.294. The van der Waals surface area contributed by atoms with E-state index >= 15 is 0 Å². The van der Waals surface area contributed by atoms with Gasteiger partial charge in [0.1, 0.15) is 5.69 Å². The summed E-state index contributed by atoms with van der Waals surface area (Å²) in [4.78, 5) is 16.2. The van der Waals surface area contributed by atoms with Crippen molar-refractivity contribution in [2.75, 3.05) is 13.1 Å². The van der Waals surface area contributed by atoms with Gasteiger partial charge in [0.25, 0.3) is 5.91 Å². The molecular formula is C17H19N3O. The fourth-order valence-electron chi connectivity index (χ4n) is 2.79. The number of amides is 1. The van der Waals surface area contributed by atoms with Crippen LogP contribution in [0.15, 0.2) is 54.7 Å². The zero-order chi connectivity index (χ0) is 14.5. The molecule has 2 N–H and O–H groups in total. The highest BCUT2D eigenvalue weighted by Crippen LogP contribution is 2.23. The molecule has 4 heteroatoms. The Labute approximate surface area is 124 Å². The summed E-state index contributed by atoms with van der Waals surface area (Å²) in [6.07, 6.45) is 2.59. The van der Waals surface area contributed by atoms with Crippen molar-refractivity contribution in [3.63, 3.8) is 0 Å². The van der Waals surface area contributed by atoms with E-state index in [1.165, 1.54) is 5.56 Å². The van der Waals surface area contributed by atoms with E-state index in [9.17, 15) is 4.79 Å². The van der Waals surface area contributed by atoms with Crippen LogP contribution in [0.5, 0.6) is 0 Å². The number of carbonyl (C=O) groups excluding carboxylic acids is 1. The number of carbonyl (C=O) groups is 1. The molecule has 1 amide bonds. The zero-order valence-corrected chi connectivity index (χ0v) is 11.8. The van der Waals surface area contributed by atoms with Gasteiger partial charge in [-0.05, 0) is 30.0 Å². The number of rotatable bonds is 3. The molecule has 2 heterocycles. The Balaban J connectivity index is 1.63. The molecule has 0 aliphatic carbocycles. The Morgan fingerprint density at radius 1 is 1.10 bits per heavy atom. The van der Waals surface area contributed by atoms with Crippen LogP contribution in [0.25, 0.3) is 0 Å². The van der Waals surface area contributed by atoms with Gasteiger partial charge in [-0.2, -0.15) is 0 Å². The maximum atomic E-state index is 12.2. The molecule has 0 bridgehead atoms. The number of pyridine rings is 1. The van der Waals surface area contributed by atoms with Gasteiger partial charge in [-0.15, -0.1) is 0 Å². The van der Waals surface area contributed by atoms with Crippen molar-refractivity contribution < 1.29 is 4.79 Å². The first-order chi connectivity index (χ1) is 10.3. The van der Waals surface area contributed by atoms with Gasteiger partial charge in [-0.25, -0.2) is 0 Å². The minimum atomic E-state index is -0.101. The molecule has 2 atom stereocenters. The van der Waals surface area contributed by atoms with E-state index in [2.05, 4.69) is 39.9 Å². The molecule has 4 nitrogen and oxygen atoms in total. The summed E-state index contributed by atoms with van der Waals surface area (Å²) >= 11 is 0. The molecule has 108 valence electrons. The quantitative estimate of drug-likeness (QED) is 0.904. The van der Waals surface area contributed by atoms with Crippen LogP contribution in [0.2, 0.25) is 0 Å². The first-order valence-electron chi connectivity index (χ1n) is 7.30. The average molecular weight is 281 g/mol. The second kappa shape index (κ2) is 6.50. The summed E-state index contributed by atoms with van der Waals surface area (Å²) in [5.74, 6) is 0.338. The van der Waals surface area contributed by atoms with Crippen molar-refractivity contribution in [2.45, 2.75) is 18.4 Å². The Kier molecular flexibility index (Phi) is 4.26. The summed E-state index contributed by atoms with van der Waals surface area (Å²) in [5.41, 5.74) is 1.79. The summed E-state index contributed by atoms with van der Waals surface area (Å²) in [6, 6.07) is 16.0. The number of aromatic nitrogens is 1. The molecule has 1 aromatic heterocycles. The normalized spacial score (nSPS) is 21.7. The van der Waals surface area contributed by atoms with Crippen molar-refractivity contribution >= 4 is 5.91 Å². The lowest BCUT2D eigenvalue weighted by Gasteiger charge is -2.30. The van der Waals surface area contributed by atoms with Crippen molar-refractivity contribution in [3.8, 4) is 0 Å². The van der Waals surface area contributed by atoms with Crippen LogP contribution in [0.4, 0.5) is 0 Å². The van der Waals surface area contributed by atoms with Crippen LogP contribution in [-0.4, -0.2) is 30.0 Å². The Morgan fingerprint density at radius 3 is 2.67 bits per heavy atom. The highest BCUT2D eigenvalue weighted by Gasteiger charge is 2.24. The monoisotopic (exact) mass is 281 g/mol. The summed E-state index contributed by atoms with van der Waals surface area (Å²) in [6.45, 7) is 1.77. The Morgan fingerprint density at radius 2 is 1.90 bits per heavy atom. The molecule has 2 aromatic rings. The van der Waals surface area contributed by atoms with E-state index in [0.717, 1.165) is 19.5 Å². The Bertz CT molecular complexity index is 585. The van der Waals surface area contributed by atoms with E-state index in [1.54, 1.807) is 12.3 Å². The van der Waals surface area contributed by atoms with Gasteiger partial charge in [-0.3, -0.25) is 9.78 Å². The molecule has 1 saturated heterocycles. The number of nitrogens with zero attached hydrogens (tertiary/aromatic N) is 1. The maximum Gasteiger partial charge on any atom is 0.270 e. The van der Waals surface area contributed by atoms with Crippen LogP contribution >= 0.6 is 0 Å². The molecule has 0 spiro atoms. The van der Waals surface area contributed by atoms with Crippen LogP contribution in [0.3, 0.4) is 0 Å². The number of hydrogen-bond donors (Lipinski definition) is 2. The number of nitrogens with one attached hydrogen (secondary N) is 2. The summed E-state index contributed by atoms with van der Waals surface area (Å²) < 4.78 is 0. The lowest BCUT2D eigenvalue weighted by atomic mass is 9.89. The largest absolute Gasteiger partial charge is 0.347 e. The van der Waals surface area contributed by atoms with Crippen LogP contribution in [-0.2, 0) is 0 Å². The molecule has 1 aliphatic rings. The predicted molar refractivity (Wildman–Crippen MR) is 82.2 cm³/mol. The SMILES string of the molecule is O=C(NC1CNC[C@@H](c2ccccc2)C1)c1ccccn1. The lowest BCUT2D eigenvalue weighted by Crippen LogP contribution is -2.48. The molecule has 21 heavy (non-hydrogen) atoms. The van der Waals surface area contributed by atoms with Gasteiger partial charge in [-0.1, -0.05) is 36.4 Å². The third kappa shape index (κ3) is 3.47. The highest BCUT2D eigenvalue weighted by atomic mass is 16.1. The smallest absolute Gasteiger partial charge is 0.270 e. The number of piperidine rings is 1. The molecule has 1 fully saturated rings. The van der Waals surface area contributed by atoms with Crippen molar-refractivity contribution in [2.24, 2.45) is 0 Å². The van der Waals surface area contributed by atoms with E-state index < -0.39 is 0 Å². The minimum absolute atomic E-state index is 0.101. The highest BCUT2D eigenvalue weighted by molar-refractivity contribution is 5.92. The lowest BCUT2D eigenvalue weighted by molar-refractivity contribution is 0.0923. The molecule has 0 radical (unpaired) electrons. The summed E-state index contributed by atoms with van der Waals surface area (Å²) in [5, 5.41) is 6.48. The van der Waals surface area contributed by atoms with Crippen molar-refractivity contribution in [3.05, 3.63) is 66.0 Å². The third-order valence-corrected chi connectivity index (χ3v) is 3.85. The second-order valence-corrected chi connectivity index (χ2v) is 5.39. The van der Waals surface area contributed by atoms with Gasteiger partial charge >= 0.3 is 0 Å². The third-order valence-electron chi connectivity index (χ3n) is 3.85. The van der Waals surface area contributed by atoms with Gasteiger partial charge in [0.15, 0.2) is 0 Å². The number of hydrogen-bond acceptors (Lipinski definition) is 3. The van der Waals surface area contributed by atoms with Crippen LogP contribution in [0.1, 0.15) is 28.4 Å². The zero-order valence-electron chi connectivity index (χ0n) is 11.8. The van der Waals surface area contributed by atoms with Crippen molar-refractivity contribution in [1.82, 2.24) is 15.6 Å². The van der Waals surface area contributed by atoms with Crippen LogP contribution < -0.4 is 10.6 Å². The minimum Gasteiger partial charge on any atom is -0.347 e. The van der Waals surface area contributed by atoms with Gasteiger partial charge < -0.3 is 10.6 Å². The first-order valence-corrected chi connectivity index (χ1v) is 7.30. The van der Waals surface area contributed by atoms with Gasteiger partial charge in [0.2, 0.25) is 0 Å². The molecule has 1 unspecified atom stereocenters. The number of benzene rings is 1. The van der Waals surface area contributed by atoms with Crippen molar-refractivity contribution in [1.29, 1.82) is 0 Å². The fourth-order valence-corrected chi connectivity index (χ4v) is 2.79. The molecule has 0 saturated carbocycles. The van der Waals surface area contributed by atoms with E-state index in [4.69, 9.17) is 0 Å². The molecule has 3 rings (SSSR count). The molecule has 1 aromatic carbocycles. The van der Waals surface area contributed by atoms with Gasteiger partial charge in [0.05, 0.1) is 0 Å². The van der Waals surface area contributed by atoms with E-state index in [1.807, 2.05) is 18.2 Å². The Hall–Kier alpha value is -2.20. The topological polar surface area (TPSA) is 54.0 Å². The van der Waals surface area contributed by atoms with E-state index in [0.29, 0.717) is 11.6 Å². The predicted octanol–water partition coefficient (Wildman–Crippen LogP) is 1.96. The average Bonchev–Trinajstić information content (AvgIpc) is 2.57. The van der Waals surface area contributed by atoms with E-state index in [-0.39, 0.29) is 11.9 Å². The summed E-state index contributed by atoms with van der Waals surface area (Å²) in [7, 11) is 0. The molecular weight excluding hydrogens is 262 g/mol. The molecule has 1 aliphatic heterocycles. The second-order valence-electron chi connectivity index (χ2n) is 5.39. The van der Waals surface area contributed by atoms with Gasteiger partial charge in [0, 0.05) is 25.3 Å². The maximum absolute atomic E-state index is 12.2. The van der Waals surface area contributed by atoms with Crippen LogP contribution in [0, 0.1) is 0 Å². The standard InChI is InChI=1S/C17H19N3O/c21-17(16-8-4-5-9-19-16)20-15-10-14(11-18-12-15)13-6-2-1-3-7-13/h1-9,14-15,18H,10-12H2,(H,20,21)/t14-,15?/m0/s1.